The van der Waals surface area contributed by atoms with E-state index in [1.807, 2.05) is 18.2 Å². The number of nitrogens with one attached hydrogen (secondary N) is 1. The van der Waals surface area contributed by atoms with Gasteiger partial charge in [-0.2, -0.15) is 0 Å². The lowest BCUT2D eigenvalue weighted by atomic mass is 9.88. The van der Waals surface area contributed by atoms with E-state index in [0.29, 0.717) is 55.8 Å². The molecule has 0 saturated carbocycles. The quantitative estimate of drug-likeness (QED) is 0.436. The fourth-order valence-corrected chi connectivity index (χ4v) is 8.81. The Hall–Kier alpha value is -4.45. The van der Waals surface area contributed by atoms with Crippen LogP contribution >= 0.6 is 11.6 Å². The summed E-state index contributed by atoms with van der Waals surface area (Å²) < 4.78 is 0. The molecule has 252 valence electrons. The van der Waals surface area contributed by atoms with Gasteiger partial charge in [-0.25, -0.2) is 4.79 Å². The van der Waals surface area contributed by atoms with E-state index < -0.39 is 53.5 Å². The van der Waals surface area contributed by atoms with Gasteiger partial charge in [-0.05, 0) is 43.7 Å². The summed E-state index contributed by atoms with van der Waals surface area (Å²) in [5.74, 6) is -3.28. The van der Waals surface area contributed by atoms with Crippen molar-refractivity contribution in [1.82, 2.24) is 24.9 Å². The summed E-state index contributed by atoms with van der Waals surface area (Å²) in [6, 6.07) is 2.50. The molecule has 2 N–H and O–H groups in total. The van der Waals surface area contributed by atoms with Crippen molar-refractivity contribution in [2.45, 2.75) is 87.2 Å². The van der Waals surface area contributed by atoms with Crippen LogP contribution in [0.25, 0.3) is 0 Å². The molecule has 1 aromatic carbocycles. The molecule has 3 saturated heterocycles. The number of aliphatic carboxylic acids is 1. The summed E-state index contributed by atoms with van der Waals surface area (Å²) in [4.78, 5) is 87.4. The number of hydrogen-bond donors (Lipinski definition) is 2. The fourth-order valence-electron chi connectivity index (χ4n) is 8.60. The zero-order chi connectivity index (χ0) is 33.9. The summed E-state index contributed by atoms with van der Waals surface area (Å²) in [6.45, 7) is 1.95. The molecule has 0 aromatic heterocycles. The maximum atomic E-state index is 14.6. The Bertz CT molecular complexity index is 1680. The second-order valence-corrected chi connectivity index (χ2v) is 13.9. The SMILES string of the molecule is CC(=O)N[C@@H](Cc1ccccc1Cl)C(=O)N1CCC[C@]12C=C[C@@H]1CC[C@@H](C(=O)N3CC[C@@H]4C=C[C@H]5C=C[C@@H](C(=O)O)N5C(=O)[C@H]43)N1C2=O. The molecular weight excluding hydrogens is 638 g/mol. The van der Waals surface area contributed by atoms with Crippen molar-refractivity contribution < 1.29 is 33.9 Å². The zero-order valence-corrected chi connectivity index (χ0v) is 27.3. The minimum absolute atomic E-state index is 0.145. The highest BCUT2D eigenvalue weighted by atomic mass is 35.5. The van der Waals surface area contributed by atoms with Crippen LogP contribution in [0.3, 0.4) is 0 Å². The molecule has 48 heavy (non-hydrogen) atoms. The number of benzene rings is 1. The first-order chi connectivity index (χ1) is 23.0. The normalized spacial score (nSPS) is 32.4. The van der Waals surface area contributed by atoms with Gasteiger partial charge in [-0.1, -0.05) is 66.3 Å². The van der Waals surface area contributed by atoms with Crippen molar-refractivity contribution in [3.05, 3.63) is 71.3 Å². The number of carboxylic acids is 1. The first kappa shape index (κ1) is 32.1. The third kappa shape index (κ3) is 5.12. The average Bonchev–Trinajstić information content (AvgIpc) is 3.85. The molecule has 0 bridgehead atoms. The number of likely N-dealkylation sites (tertiary alicyclic amines) is 2. The minimum Gasteiger partial charge on any atom is -0.479 e. The van der Waals surface area contributed by atoms with Crippen LogP contribution in [-0.4, -0.2) is 115 Å². The molecule has 0 radical (unpaired) electrons. The van der Waals surface area contributed by atoms with Crippen LogP contribution in [-0.2, 0) is 35.2 Å². The van der Waals surface area contributed by atoms with Crippen molar-refractivity contribution >= 4 is 47.1 Å². The highest BCUT2D eigenvalue weighted by Crippen LogP contribution is 2.43. The van der Waals surface area contributed by atoms with Gasteiger partial charge >= 0.3 is 5.97 Å². The maximum Gasteiger partial charge on any atom is 0.330 e. The van der Waals surface area contributed by atoms with Crippen molar-refractivity contribution in [1.29, 1.82) is 0 Å². The Labute approximate surface area is 283 Å². The Morgan fingerprint density at radius 2 is 1.77 bits per heavy atom. The molecule has 1 spiro atoms. The zero-order valence-electron chi connectivity index (χ0n) is 26.5. The predicted octanol–water partition coefficient (Wildman–Crippen LogP) is 1.68. The van der Waals surface area contributed by atoms with E-state index in [4.69, 9.17) is 11.6 Å². The third-order valence-corrected chi connectivity index (χ3v) is 11.2. The van der Waals surface area contributed by atoms with Crippen LogP contribution in [0, 0.1) is 5.92 Å². The van der Waals surface area contributed by atoms with Gasteiger partial charge in [-0.15, -0.1) is 0 Å². The number of nitrogens with zero attached hydrogens (tertiary/aromatic N) is 4. The van der Waals surface area contributed by atoms with Gasteiger partial charge < -0.3 is 30.0 Å². The van der Waals surface area contributed by atoms with Gasteiger partial charge in [0.15, 0.2) is 0 Å². The predicted molar refractivity (Wildman–Crippen MR) is 173 cm³/mol. The molecule has 12 nitrogen and oxygen atoms in total. The van der Waals surface area contributed by atoms with Crippen LogP contribution in [0.1, 0.15) is 44.6 Å². The number of hydrogen-bond acceptors (Lipinski definition) is 6. The highest BCUT2D eigenvalue weighted by molar-refractivity contribution is 6.31. The molecule has 5 amide bonds. The van der Waals surface area contributed by atoms with Crippen LogP contribution in [0.5, 0.6) is 0 Å². The molecule has 13 heteroatoms. The van der Waals surface area contributed by atoms with Gasteiger partial charge in [0.2, 0.25) is 23.6 Å². The summed E-state index contributed by atoms with van der Waals surface area (Å²) in [6.07, 6.45) is 13.2. The first-order valence-corrected chi connectivity index (χ1v) is 17.0. The van der Waals surface area contributed by atoms with E-state index in [1.54, 1.807) is 41.3 Å². The lowest BCUT2D eigenvalue weighted by molar-refractivity contribution is -0.158. The molecule has 7 rings (SSSR count). The van der Waals surface area contributed by atoms with Gasteiger partial charge in [0.05, 0.1) is 12.1 Å². The van der Waals surface area contributed by atoms with Crippen LogP contribution < -0.4 is 5.32 Å². The van der Waals surface area contributed by atoms with E-state index in [0.717, 1.165) is 0 Å². The first-order valence-electron chi connectivity index (χ1n) is 16.6. The highest BCUT2D eigenvalue weighted by Gasteiger charge is 2.58. The Balaban J connectivity index is 1.14. The van der Waals surface area contributed by atoms with Crippen molar-refractivity contribution in [2.75, 3.05) is 13.1 Å². The van der Waals surface area contributed by atoms with E-state index in [9.17, 15) is 33.9 Å². The number of carboxylic acid groups (broad SMARTS) is 1. The van der Waals surface area contributed by atoms with E-state index in [-0.39, 0.29) is 36.1 Å². The molecule has 1 aromatic rings. The average molecular weight is 676 g/mol. The number of carbonyl (C=O) groups is 6. The molecule has 6 heterocycles. The molecular formula is C35H38ClN5O7. The summed E-state index contributed by atoms with van der Waals surface area (Å²) in [5.41, 5.74) is -0.626. The van der Waals surface area contributed by atoms with Gasteiger partial charge in [0.25, 0.3) is 5.91 Å². The largest absolute Gasteiger partial charge is 0.479 e. The smallest absolute Gasteiger partial charge is 0.330 e. The topological polar surface area (TPSA) is 148 Å². The molecule has 6 aliphatic rings. The molecule has 8 atom stereocenters. The van der Waals surface area contributed by atoms with Crippen molar-refractivity contribution in [3.8, 4) is 0 Å². The second kappa shape index (κ2) is 12.2. The number of rotatable bonds is 6. The third-order valence-electron chi connectivity index (χ3n) is 10.8. The van der Waals surface area contributed by atoms with Gasteiger partial charge in [0.1, 0.15) is 29.7 Å². The molecule has 0 unspecified atom stereocenters. The fraction of sp³-hybridized carbons (Fsp3) is 0.486. The number of carbonyl (C=O) groups excluding carboxylic acids is 5. The second-order valence-electron chi connectivity index (χ2n) is 13.5. The van der Waals surface area contributed by atoms with Gasteiger partial charge in [0, 0.05) is 37.4 Å². The standard InChI is InChI=1S/C35H38ClN5O7/c1-20(42)37-26(19-22-5-2-3-6-25(22)36)30(43)39-17-4-15-35(39)16-13-24-9-11-27(41(24)34(35)48)31(44)38-18-14-21-7-8-23-10-12-28(33(46)47)40(23)32(45)29(21)38/h2-3,5-8,10,12-13,16,21,23-24,26-29H,4,9,11,14-15,17-19H2,1H3,(H,37,42)(H,46,47)/t21-,23-,24-,26-,27-,28-,29-,35+/m0/s1. The molecule has 6 aliphatic heterocycles. The van der Waals surface area contributed by atoms with E-state index in [1.165, 1.54) is 27.7 Å². The summed E-state index contributed by atoms with van der Waals surface area (Å²) in [7, 11) is 0. The van der Waals surface area contributed by atoms with Gasteiger partial charge in [-0.3, -0.25) is 24.0 Å². The summed E-state index contributed by atoms with van der Waals surface area (Å²) >= 11 is 6.40. The molecule has 0 aliphatic carbocycles. The monoisotopic (exact) mass is 675 g/mol. The number of halogens is 1. The Morgan fingerprint density at radius 1 is 1.00 bits per heavy atom. The van der Waals surface area contributed by atoms with Crippen LogP contribution in [0.4, 0.5) is 0 Å². The van der Waals surface area contributed by atoms with Crippen molar-refractivity contribution in [2.24, 2.45) is 5.92 Å². The number of amides is 5. The van der Waals surface area contributed by atoms with E-state index >= 15 is 0 Å². The van der Waals surface area contributed by atoms with Crippen LogP contribution in [0.15, 0.2) is 60.7 Å². The summed E-state index contributed by atoms with van der Waals surface area (Å²) in [5, 5.41) is 13.0. The number of fused-ring (bicyclic) bond motifs is 3. The van der Waals surface area contributed by atoms with Crippen LogP contribution in [0.2, 0.25) is 5.02 Å². The lowest BCUT2D eigenvalue weighted by Gasteiger charge is -2.45. The van der Waals surface area contributed by atoms with Crippen molar-refractivity contribution in [3.63, 3.8) is 0 Å². The Kier molecular flexibility index (Phi) is 8.17. The molecule has 3 fully saturated rings. The van der Waals surface area contributed by atoms with E-state index in [2.05, 4.69) is 5.32 Å². The lowest BCUT2D eigenvalue weighted by Crippen LogP contribution is -2.65. The maximum absolute atomic E-state index is 14.6. The minimum atomic E-state index is -1.31. The Morgan fingerprint density at radius 3 is 2.52 bits per heavy atom.